The summed E-state index contributed by atoms with van der Waals surface area (Å²) in [4.78, 5) is 20.9. The summed E-state index contributed by atoms with van der Waals surface area (Å²) in [7, 11) is 5.77. The molecule has 0 aliphatic rings. The lowest BCUT2D eigenvalue weighted by Crippen LogP contribution is -2.33. The van der Waals surface area contributed by atoms with E-state index in [2.05, 4.69) is 4.98 Å². The van der Waals surface area contributed by atoms with Crippen LogP contribution in [0.2, 0.25) is 5.02 Å². The summed E-state index contributed by atoms with van der Waals surface area (Å²) in [5.74, 6) is 0.0781. The number of aromatic hydroxyl groups is 1. The second-order valence-corrected chi connectivity index (χ2v) is 7.86. The zero-order valence-corrected chi connectivity index (χ0v) is 16.4. The molecule has 1 amide bonds. The van der Waals surface area contributed by atoms with Gasteiger partial charge in [-0.1, -0.05) is 11.6 Å². The van der Waals surface area contributed by atoms with Gasteiger partial charge in [0.1, 0.15) is 10.8 Å². The van der Waals surface area contributed by atoms with Gasteiger partial charge in [-0.15, -0.1) is 11.3 Å². The SMILES string of the molecule is CN(C)CCN(C)C(=O)c1ccc2nc(-c3ccc(Cl)cc3O)sc2c1. The van der Waals surface area contributed by atoms with Gasteiger partial charge >= 0.3 is 0 Å². The van der Waals surface area contributed by atoms with Crippen molar-refractivity contribution < 1.29 is 9.90 Å². The van der Waals surface area contributed by atoms with Crippen LogP contribution in [0.5, 0.6) is 5.75 Å². The average Bonchev–Trinajstić information content (AvgIpc) is 3.01. The molecule has 1 heterocycles. The summed E-state index contributed by atoms with van der Waals surface area (Å²) in [5, 5.41) is 11.3. The van der Waals surface area contributed by atoms with E-state index in [4.69, 9.17) is 11.6 Å². The molecule has 0 bridgehead atoms. The first kappa shape index (κ1) is 18.6. The molecule has 0 aliphatic carbocycles. The predicted octanol–water partition coefficient (Wildman–Crippen LogP) is 3.96. The number of fused-ring (bicyclic) bond motifs is 1. The Kier molecular flexibility index (Phi) is 5.46. The molecule has 0 aliphatic heterocycles. The second kappa shape index (κ2) is 7.61. The van der Waals surface area contributed by atoms with Crippen LogP contribution in [0.4, 0.5) is 0 Å². The summed E-state index contributed by atoms with van der Waals surface area (Å²) < 4.78 is 0.904. The van der Waals surface area contributed by atoms with E-state index in [-0.39, 0.29) is 11.7 Å². The number of hydrogen-bond donors (Lipinski definition) is 1. The van der Waals surface area contributed by atoms with Gasteiger partial charge in [0.25, 0.3) is 5.91 Å². The first-order valence-corrected chi connectivity index (χ1v) is 9.34. The van der Waals surface area contributed by atoms with Crippen molar-refractivity contribution in [3.8, 4) is 16.3 Å². The molecule has 26 heavy (non-hydrogen) atoms. The molecule has 3 aromatic rings. The number of amides is 1. The van der Waals surface area contributed by atoms with Crippen LogP contribution in [0.15, 0.2) is 36.4 Å². The van der Waals surface area contributed by atoms with Crippen LogP contribution in [0.1, 0.15) is 10.4 Å². The van der Waals surface area contributed by atoms with Gasteiger partial charge in [0.2, 0.25) is 0 Å². The molecule has 0 saturated heterocycles. The number of likely N-dealkylation sites (N-methyl/N-ethyl adjacent to an activating group) is 2. The van der Waals surface area contributed by atoms with Crippen molar-refractivity contribution >= 4 is 39.1 Å². The van der Waals surface area contributed by atoms with Crippen molar-refractivity contribution in [1.29, 1.82) is 0 Å². The van der Waals surface area contributed by atoms with Crippen LogP contribution in [-0.4, -0.2) is 60.0 Å². The Bertz CT molecular complexity index is 955. The molecule has 0 fully saturated rings. The zero-order valence-electron chi connectivity index (χ0n) is 14.9. The van der Waals surface area contributed by atoms with Crippen LogP contribution < -0.4 is 0 Å². The molecule has 1 N–H and O–H groups in total. The first-order valence-electron chi connectivity index (χ1n) is 8.15. The van der Waals surface area contributed by atoms with E-state index >= 15 is 0 Å². The van der Waals surface area contributed by atoms with Crippen LogP contribution in [0, 0.1) is 0 Å². The van der Waals surface area contributed by atoms with Crippen molar-refractivity contribution in [3.63, 3.8) is 0 Å². The Morgan fingerprint density at radius 3 is 2.62 bits per heavy atom. The number of benzene rings is 2. The maximum Gasteiger partial charge on any atom is 0.253 e. The third-order valence-corrected chi connectivity index (χ3v) is 5.34. The lowest BCUT2D eigenvalue weighted by Gasteiger charge is -2.19. The van der Waals surface area contributed by atoms with Crippen molar-refractivity contribution in [2.45, 2.75) is 0 Å². The van der Waals surface area contributed by atoms with E-state index in [0.717, 1.165) is 16.8 Å². The number of carbonyl (C=O) groups is 1. The fraction of sp³-hybridized carbons (Fsp3) is 0.263. The predicted molar refractivity (Wildman–Crippen MR) is 107 cm³/mol. The van der Waals surface area contributed by atoms with Crippen molar-refractivity contribution in [2.75, 3.05) is 34.2 Å². The number of hydrogen-bond acceptors (Lipinski definition) is 5. The monoisotopic (exact) mass is 389 g/mol. The molecule has 7 heteroatoms. The van der Waals surface area contributed by atoms with Gasteiger partial charge in [-0.05, 0) is 50.5 Å². The summed E-state index contributed by atoms with van der Waals surface area (Å²) in [5.41, 5.74) is 2.06. The highest BCUT2D eigenvalue weighted by Gasteiger charge is 2.15. The lowest BCUT2D eigenvalue weighted by atomic mass is 10.2. The van der Waals surface area contributed by atoms with E-state index in [0.29, 0.717) is 27.7 Å². The van der Waals surface area contributed by atoms with E-state index in [1.165, 1.54) is 17.4 Å². The minimum atomic E-state index is -0.0157. The number of thiazole rings is 1. The topological polar surface area (TPSA) is 56.7 Å². The van der Waals surface area contributed by atoms with Crippen LogP contribution in [0.3, 0.4) is 0 Å². The van der Waals surface area contributed by atoms with Gasteiger partial charge in [0.15, 0.2) is 0 Å². The summed E-state index contributed by atoms with van der Waals surface area (Å²) in [6.07, 6.45) is 0. The summed E-state index contributed by atoms with van der Waals surface area (Å²) in [6, 6.07) is 10.5. The molecule has 0 radical (unpaired) electrons. The largest absolute Gasteiger partial charge is 0.507 e. The normalized spacial score (nSPS) is 11.3. The lowest BCUT2D eigenvalue weighted by molar-refractivity contribution is 0.0786. The summed E-state index contributed by atoms with van der Waals surface area (Å²) >= 11 is 7.33. The molecule has 0 spiro atoms. The van der Waals surface area contributed by atoms with Crippen molar-refractivity contribution in [3.05, 3.63) is 47.0 Å². The minimum Gasteiger partial charge on any atom is -0.507 e. The fourth-order valence-electron chi connectivity index (χ4n) is 2.53. The molecule has 0 atom stereocenters. The Hall–Kier alpha value is -2.15. The number of aromatic nitrogens is 1. The third kappa shape index (κ3) is 3.98. The number of phenols is 1. The Balaban J connectivity index is 1.89. The molecule has 136 valence electrons. The average molecular weight is 390 g/mol. The number of phenolic OH excluding ortho intramolecular Hbond substituents is 1. The van der Waals surface area contributed by atoms with E-state index < -0.39 is 0 Å². The van der Waals surface area contributed by atoms with Crippen LogP contribution in [-0.2, 0) is 0 Å². The van der Waals surface area contributed by atoms with Gasteiger partial charge in [-0.3, -0.25) is 4.79 Å². The molecular weight excluding hydrogens is 370 g/mol. The highest BCUT2D eigenvalue weighted by molar-refractivity contribution is 7.21. The number of rotatable bonds is 5. The van der Waals surface area contributed by atoms with Crippen molar-refractivity contribution in [1.82, 2.24) is 14.8 Å². The molecule has 1 aromatic heterocycles. The Labute approximate surface area is 161 Å². The molecule has 5 nitrogen and oxygen atoms in total. The number of nitrogens with zero attached hydrogens (tertiary/aromatic N) is 3. The first-order chi connectivity index (χ1) is 12.3. The Morgan fingerprint density at radius 2 is 1.92 bits per heavy atom. The van der Waals surface area contributed by atoms with Crippen molar-refractivity contribution in [2.24, 2.45) is 0 Å². The standard InChI is InChI=1S/C19H20ClN3O2S/c1-22(2)8-9-23(3)19(25)12-4-7-15-17(10-12)26-18(21-15)14-6-5-13(20)11-16(14)24/h4-7,10-11,24H,8-9H2,1-3H3. The smallest absolute Gasteiger partial charge is 0.253 e. The van der Waals surface area contributed by atoms with Crippen LogP contribution in [0.25, 0.3) is 20.8 Å². The maximum absolute atomic E-state index is 12.6. The number of halogens is 1. The highest BCUT2D eigenvalue weighted by Crippen LogP contribution is 2.36. The fourth-order valence-corrected chi connectivity index (χ4v) is 3.74. The van der Waals surface area contributed by atoms with E-state index in [1.54, 1.807) is 30.1 Å². The van der Waals surface area contributed by atoms with Gasteiger partial charge in [0.05, 0.1) is 15.8 Å². The van der Waals surface area contributed by atoms with Gasteiger partial charge < -0.3 is 14.9 Å². The third-order valence-electron chi connectivity index (χ3n) is 4.05. The van der Waals surface area contributed by atoms with Gasteiger partial charge in [0, 0.05) is 30.7 Å². The molecule has 0 unspecified atom stereocenters. The minimum absolute atomic E-state index is 0.0157. The van der Waals surface area contributed by atoms with Gasteiger partial charge in [-0.25, -0.2) is 4.98 Å². The zero-order chi connectivity index (χ0) is 18.8. The van der Waals surface area contributed by atoms with E-state index in [9.17, 15) is 9.90 Å². The Morgan fingerprint density at radius 1 is 1.15 bits per heavy atom. The molecule has 0 saturated carbocycles. The molecule has 2 aromatic carbocycles. The quantitative estimate of drug-likeness (QED) is 0.717. The maximum atomic E-state index is 12.6. The highest BCUT2D eigenvalue weighted by atomic mass is 35.5. The molecular formula is C19H20ClN3O2S. The summed E-state index contributed by atoms with van der Waals surface area (Å²) in [6.45, 7) is 1.47. The van der Waals surface area contributed by atoms with Crippen LogP contribution >= 0.6 is 22.9 Å². The van der Waals surface area contributed by atoms with Gasteiger partial charge in [-0.2, -0.15) is 0 Å². The second-order valence-electron chi connectivity index (χ2n) is 6.39. The molecule has 3 rings (SSSR count). The number of carbonyl (C=O) groups excluding carboxylic acids is 1. The van der Waals surface area contributed by atoms with E-state index in [1.807, 2.05) is 31.1 Å².